The van der Waals surface area contributed by atoms with Crippen LogP contribution in [0.4, 0.5) is 17.1 Å². The first-order valence-electron chi connectivity index (χ1n) is 23.9. The fourth-order valence-corrected chi connectivity index (χ4v) is 11.0. The molecule has 2 heterocycles. The van der Waals surface area contributed by atoms with Crippen LogP contribution >= 0.6 is 0 Å². The monoisotopic (exact) mass is 1020 g/mol. The standard InChI is InChI=1S/C57H60N6O8SSi/c1-36-29-44(32-47-52(36)60-33-48(55(58)65)53(47)61-41-16-12-17-42(31-41)69-5)72(67,68)43-18-11-15-39(30-43)56(66)62-40-21-19-37(20-22-40)27-28-59-34-50(71-73(6,7)57(2,3)4)45-23-25-49(54-46(45)24-26-51(64)63-54)70-35-38-13-9-8-10-14-38/h8-26,29-33,50,59H,27-28,34-35H2,1-7H3,(H2,58,65)(H,60,61)(H,62,66)(H,63,64). The van der Waals surface area contributed by atoms with Crippen LogP contribution in [-0.4, -0.2) is 58.7 Å². The summed E-state index contributed by atoms with van der Waals surface area (Å²) in [6.45, 7) is 14.3. The number of aryl methyl sites for hydroxylation is 1. The fraction of sp³-hybridized carbons (Fsp3) is 0.228. The first-order valence-corrected chi connectivity index (χ1v) is 28.3. The van der Waals surface area contributed by atoms with Gasteiger partial charge in [-0.25, -0.2) is 8.42 Å². The van der Waals surface area contributed by atoms with Crippen molar-refractivity contribution in [2.45, 2.75) is 74.7 Å². The summed E-state index contributed by atoms with van der Waals surface area (Å²) in [5.41, 5.74) is 11.8. The third-order valence-corrected chi connectivity index (χ3v) is 19.5. The number of aromatic amines is 1. The third-order valence-electron chi connectivity index (χ3n) is 13.3. The molecule has 0 spiro atoms. The van der Waals surface area contributed by atoms with E-state index in [4.69, 9.17) is 19.6 Å². The second-order valence-electron chi connectivity index (χ2n) is 19.4. The molecule has 1 atom stereocenters. The Morgan fingerprint density at radius 2 is 1.56 bits per heavy atom. The molecule has 6 N–H and O–H groups in total. The number of carbonyl (C=O) groups is 2. The molecule has 0 aliphatic heterocycles. The van der Waals surface area contributed by atoms with E-state index in [1.54, 1.807) is 37.3 Å². The van der Waals surface area contributed by atoms with Crippen molar-refractivity contribution in [2.75, 3.05) is 30.8 Å². The van der Waals surface area contributed by atoms with Crippen LogP contribution in [0.3, 0.4) is 0 Å². The van der Waals surface area contributed by atoms with Gasteiger partial charge in [0, 0.05) is 52.6 Å². The zero-order chi connectivity index (χ0) is 52.1. The SMILES string of the molecule is COc1cccc(Nc2c(C(N)=O)cnc3c(C)cc(S(=O)(=O)c4cccc(C(=O)Nc5ccc(CCNCC(O[Si](C)(C)C(C)(C)C)c6ccc(OCc7ccccc7)c7[nH]c(=O)ccc67)cc5)c4)cc23)c1. The maximum atomic E-state index is 14.3. The Morgan fingerprint density at radius 1 is 0.808 bits per heavy atom. The number of anilines is 3. The minimum absolute atomic E-state index is 0.0521. The van der Waals surface area contributed by atoms with Crippen molar-refractivity contribution >= 4 is 68.8 Å². The highest BCUT2D eigenvalue weighted by Crippen LogP contribution is 2.42. The van der Waals surface area contributed by atoms with Crippen LogP contribution in [0, 0.1) is 6.92 Å². The summed E-state index contributed by atoms with van der Waals surface area (Å²) < 4.78 is 47.3. The second-order valence-corrected chi connectivity index (χ2v) is 26.2. The Balaban J connectivity index is 0.947. The van der Waals surface area contributed by atoms with Gasteiger partial charge >= 0.3 is 0 Å². The number of primary amides is 1. The van der Waals surface area contributed by atoms with Crippen molar-refractivity contribution in [3.63, 3.8) is 0 Å². The molecule has 0 fully saturated rings. The van der Waals surface area contributed by atoms with E-state index < -0.39 is 30.0 Å². The molecule has 0 aliphatic rings. The lowest BCUT2D eigenvalue weighted by Gasteiger charge is -2.39. The van der Waals surface area contributed by atoms with Gasteiger partial charge in [-0.3, -0.25) is 19.4 Å². The maximum absolute atomic E-state index is 14.3. The number of hydrogen-bond donors (Lipinski definition) is 5. The molecular formula is C57H60N6O8SSi. The Labute approximate surface area is 426 Å². The first-order chi connectivity index (χ1) is 34.8. The van der Waals surface area contributed by atoms with Gasteiger partial charge in [0.25, 0.3) is 11.8 Å². The lowest BCUT2D eigenvalue weighted by Crippen LogP contribution is -2.43. The Morgan fingerprint density at radius 3 is 2.29 bits per heavy atom. The molecular weight excluding hydrogens is 957 g/mol. The number of nitrogens with zero attached hydrogens (tertiary/aromatic N) is 1. The minimum atomic E-state index is -4.20. The number of fused-ring (bicyclic) bond motifs is 2. The van der Waals surface area contributed by atoms with Gasteiger partial charge in [-0.05, 0) is 127 Å². The largest absolute Gasteiger partial charge is 0.497 e. The number of aromatic nitrogens is 2. The van der Waals surface area contributed by atoms with Crippen molar-refractivity contribution in [3.05, 3.63) is 189 Å². The van der Waals surface area contributed by atoms with Gasteiger partial charge in [-0.15, -0.1) is 0 Å². The van der Waals surface area contributed by atoms with E-state index in [-0.39, 0.29) is 37.6 Å². The minimum Gasteiger partial charge on any atom is -0.497 e. The van der Waals surface area contributed by atoms with E-state index >= 15 is 0 Å². The van der Waals surface area contributed by atoms with Gasteiger partial charge < -0.3 is 40.6 Å². The molecule has 0 saturated carbocycles. The van der Waals surface area contributed by atoms with Crippen LogP contribution in [0.2, 0.25) is 18.1 Å². The number of pyridine rings is 2. The topological polar surface area (TPSA) is 204 Å². The quantitative estimate of drug-likeness (QED) is 0.0381. The zero-order valence-electron chi connectivity index (χ0n) is 42.0. The Hall–Kier alpha value is -7.63. The predicted octanol–water partition coefficient (Wildman–Crippen LogP) is 10.8. The highest BCUT2D eigenvalue weighted by molar-refractivity contribution is 7.91. The molecule has 73 heavy (non-hydrogen) atoms. The number of ether oxygens (including phenoxy) is 2. The molecule has 2 aromatic heterocycles. The molecule has 6 aromatic carbocycles. The van der Waals surface area contributed by atoms with Crippen LogP contribution in [0.1, 0.15) is 69.8 Å². The van der Waals surface area contributed by atoms with Crippen molar-refractivity contribution in [1.29, 1.82) is 0 Å². The number of amides is 2. The van der Waals surface area contributed by atoms with Gasteiger partial charge in [-0.1, -0.05) is 81.4 Å². The van der Waals surface area contributed by atoms with Gasteiger partial charge in [0.1, 0.15) is 18.1 Å². The van der Waals surface area contributed by atoms with Gasteiger partial charge in [0.2, 0.25) is 15.4 Å². The second kappa shape index (κ2) is 21.6. The predicted molar refractivity (Wildman–Crippen MR) is 291 cm³/mol. The van der Waals surface area contributed by atoms with Gasteiger partial charge in [-0.2, -0.15) is 0 Å². The summed E-state index contributed by atoms with van der Waals surface area (Å²) in [6.07, 6.45) is 1.73. The van der Waals surface area contributed by atoms with E-state index in [0.717, 1.165) is 22.1 Å². The molecule has 0 aliphatic carbocycles. The van der Waals surface area contributed by atoms with Crippen LogP contribution < -0.4 is 36.7 Å². The molecule has 16 heteroatoms. The highest BCUT2D eigenvalue weighted by Gasteiger charge is 2.40. The molecule has 2 amide bonds. The normalized spacial score (nSPS) is 12.4. The van der Waals surface area contributed by atoms with Crippen LogP contribution in [0.5, 0.6) is 11.5 Å². The lowest BCUT2D eigenvalue weighted by molar-refractivity contribution is 0.0998. The van der Waals surface area contributed by atoms with Crippen LogP contribution in [0.25, 0.3) is 21.8 Å². The van der Waals surface area contributed by atoms with Crippen molar-refractivity contribution in [2.24, 2.45) is 5.73 Å². The number of benzene rings is 6. The smallest absolute Gasteiger partial charge is 0.255 e. The summed E-state index contributed by atoms with van der Waals surface area (Å²) in [7, 11) is -4.94. The summed E-state index contributed by atoms with van der Waals surface area (Å²) in [5, 5.41) is 10.9. The van der Waals surface area contributed by atoms with Crippen LogP contribution in [0.15, 0.2) is 160 Å². The summed E-state index contributed by atoms with van der Waals surface area (Å²) in [5.74, 6) is -0.0735. The summed E-state index contributed by atoms with van der Waals surface area (Å²) in [6, 6.07) is 40.6. The van der Waals surface area contributed by atoms with Gasteiger partial charge in [0.05, 0.1) is 45.3 Å². The molecule has 14 nitrogen and oxygen atoms in total. The molecule has 8 rings (SSSR count). The number of nitrogens with two attached hydrogens (primary N) is 1. The average molecular weight is 1020 g/mol. The van der Waals surface area contributed by atoms with E-state index in [0.29, 0.717) is 76.7 Å². The number of rotatable bonds is 19. The highest BCUT2D eigenvalue weighted by atomic mass is 32.2. The number of sulfone groups is 1. The maximum Gasteiger partial charge on any atom is 0.255 e. The summed E-state index contributed by atoms with van der Waals surface area (Å²) in [4.78, 5) is 46.2. The number of H-pyrrole nitrogens is 1. The molecule has 8 aromatic rings. The molecule has 1 unspecified atom stereocenters. The number of hydrogen-bond acceptors (Lipinski definition) is 11. The Kier molecular flexibility index (Phi) is 15.3. The van der Waals surface area contributed by atoms with Crippen molar-refractivity contribution < 1.29 is 31.9 Å². The van der Waals surface area contributed by atoms with Crippen molar-refractivity contribution in [3.8, 4) is 11.5 Å². The molecule has 0 bridgehead atoms. The van der Waals surface area contributed by atoms with E-state index in [2.05, 4.69) is 59.8 Å². The molecule has 0 radical (unpaired) electrons. The number of carbonyl (C=O) groups excluding carboxylic acids is 2. The first kappa shape index (κ1) is 51.7. The average Bonchev–Trinajstić information content (AvgIpc) is 3.37. The number of methoxy groups -OCH3 is 1. The lowest BCUT2D eigenvalue weighted by atomic mass is 10.0. The van der Waals surface area contributed by atoms with E-state index in [1.165, 1.54) is 49.7 Å². The summed E-state index contributed by atoms with van der Waals surface area (Å²) >= 11 is 0. The zero-order valence-corrected chi connectivity index (χ0v) is 43.8. The van der Waals surface area contributed by atoms with Gasteiger partial charge in [0.15, 0.2) is 8.32 Å². The Bertz CT molecular complexity index is 3510. The number of nitrogens with one attached hydrogen (secondary N) is 4. The van der Waals surface area contributed by atoms with E-state index in [9.17, 15) is 22.8 Å². The fourth-order valence-electron chi connectivity index (χ4n) is 8.27. The van der Waals surface area contributed by atoms with Crippen molar-refractivity contribution in [1.82, 2.24) is 15.3 Å². The third kappa shape index (κ3) is 11.8. The van der Waals surface area contributed by atoms with E-state index in [1.807, 2.05) is 72.8 Å². The molecule has 376 valence electrons. The molecule has 0 saturated heterocycles. The van der Waals surface area contributed by atoms with Crippen LogP contribution in [-0.2, 0) is 27.3 Å².